The second-order valence-electron chi connectivity index (χ2n) is 3.35. The monoisotopic (exact) mass is 112 g/mol. The van der Waals surface area contributed by atoms with Gasteiger partial charge in [-0.2, -0.15) is 0 Å². The first-order valence-corrected chi connectivity index (χ1v) is 3.55. The number of hydrogen-bond donors (Lipinski definition) is 0. The standard InChI is InChI=1S/C7H17B/c1-5(2)7(8)6(3)4/h5-7H,8H2,1-4H3. The van der Waals surface area contributed by atoms with Crippen molar-refractivity contribution in [1.82, 2.24) is 0 Å². The summed E-state index contributed by atoms with van der Waals surface area (Å²) in [4.78, 5) is 0. The van der Waals surface area contributed by atoms with Crippen LogP contribution in [0.5, 0.6) is 0 Å². The van der Waals surface area contributed by atoms with E-state index in [-0.39, 0.29) is 0 Å². The Morgan fingerprint density at radius 3 is 1.12 bits per heavy atom. The van der Waals surface area contributed by atoms with Crippen molar-refractivity contribution in [2.75, 3.05) is 0 Å². The van der Waals surface area contributed by atoms with Gasteiger partial charge >= 0.3 is 0 Å². The van der Waals surface area contributed by atoms with Gasteiger partial charge in [-0.3, -0.25) is 0 Å². The van der Waals surface area contributed by atoms with Crippen LogP contribution in [0, 0.1) is 11.8 Å². The summed E-state index contributed by atoms with van der Waals surface area (Å²) in [7, 11) is 2.31. The van der Waals surface area contributed by atoms with Crippen molar-refractivity contribution < 1.29 is 0 Å². The molecule has 0 nitrogen and oxygen atoms in total. The zero-order valence-electron chi connectivity index (χ0n) is 6.73. The van der Waals surface area contributed by atoms with Gasteiger partial charge in [-0.15, -0.1) is 0 Å². The Kier molecular flexibility index (Phi) is 3.19. The second-order valence-corrected chi connectivity index (χ2v) is 3.35. The third kappa shape index (κ3) is 2.39. The highest BCUT2D eigenvalue weighted by Gasteiger charge is 2.09. The highest BCUT2D eigenvalue weighted by atomic mass is 14.1. The zero-order valence-corrected chi connectivity index (χ0v) is 6.73. The molecule has 0 rings (SSSR count). The highest BCUT2D eigenvalue weighted by molar-refractivity contribution is 6.11. The fourth-order valence-corrected chi connectivity index (χ4v) is 0.770. The summed E-state index contributed by atoms with van der Waals surface area (Å²) in [6, 6.07) is 0. The van der Waals surface area contributed by atoms with Gasteiger partial charge in [0.05, 0.1) is 0 Å². The molecule has 0 unspecified atom stereocenters. The van der Waals surface area contributed by atoms with Crippen LogP contribution in [0.15, 0.2) is 0 Å². The molecular formula is C7H17B. The van der Waals surface area contributed by atoms with Gasteiger partial charge < -0.3 is 0 Å². The summed E-state index contributed by atoms with van der Waals surface area (Å²) in [6.45, 7) is 9.13. The van der Waals surface area contributed by atoms with Crippen molar-refractivity contribution in [2.24, 2.45) is 11.8 Å². The van der Waals surface area contributed by atoms with E-state index in [2.05, 4.69) is 35.5 Å². The van der Waals surface area contributed by atoms with Crippen LogP contribution in [-0.2, 0) is 0 Å². The molecule has 0 heterocycles. The Balaban J connectivity index is 3.46. The van der Waals surface area contributed by atoms with E-state index >= 15 is 0 Å². The van der Waals surface area contributed by atoms with E-state index in [4.69, 9.17) is 0 Å². The molecule has 0 aromatic heterocycles. The van der Waals surface area contributed by atoms with Crippen LogP contribution in [0.1, 0.15) is 27.7 Å². The van der Waals surface area contributed by atoms with E-state index in [0.717, 1.165) is 17.7 Å². The van der Waals surface area contributed by atoms with Gasteiger partial charge in [0, 0.05) is 0 Å². The summed E-state index contributed by atoms with van der Waals surface area (Å²) in [5, 5.41) is 0. The van der Waals surface area contributed by atoms with E-state index in [1.807, 2.05) is 0 Å². The first kappa shape index (κ1) is 8.06. The lowest BCUT2D eigenvalue weighted by Gasteiger charge is -2.18. The average Bonchev–Trinajstić information content (AvgIpc) is 1.64. The Hall–Kier alpha value is 0.0649. The van der Waals surface area contributed by atoms with Crippen molar-refractivity contribution in [2.45, 2.75) is 33.5 Å². The molecule has 0 radical (unpaired) electrons. The quantitative estimate of drug-likeness (QED) is 0.477. The van der Waals surface area contributed by atoms with Gasteiger partial charge in [0.15, 0.2) is 0 Å². The van der Waals surface area contributed by atoms with Gasteiger partial charge in [-0.1, -0.05) is 45.3 Å². The lowest BCUT2D eigenvalue weighted by molar-refractivity contribution is 0.469. The summed E-state index contributed by atoms with van der Waals surface area (Å²) >= 11 is 0. The van der Waals surface area contributed by atoms with Crippen LogP contribution in [-0.4, -0.2) is 7.85 Å². The molecule has 0 aliphatic carbocycles. The lowest BCUT2D eigenvalue weighted by atomic mass is 9.71. The van der Waals surface area contributed by atoms with E-state index < -0.39 is 0 Å². The molecule has 1 heteroatoms. The van der Waals surface area contributed by atoms with E-state index in [9.17, 15) is 0 Å². The summed E-state index contributed by atoms with van der Waals surface area (Å²) in [5.41, 5.74) is 0. The van der Waals surface area contributed by atoms with Crippen LogP contribution in [0.2, 0.25) is 5.82 Å². The Labute approximate surface area is 54.1 Å². The van der Waals surface area contributed by atoms with Crippen LogP contribution in [0.25, 0.3) is 0 Å². The maximum atomic E-state index is 2.31. The minimum atomic E-state index is 0.843. The summed E-state index contributed by atoms with van der Waals surface area (Å²) in [6.07, 6.45) is 0. The summed E-state index contributed by atoms with van der Waals surface area (Å²) < 4.78 is 0. The molecule has 0 aliphatic rings. The fraction of sp³-hybridized carbons (Fsp3) is 1.00. The second kappa shape index (κ2) is 3.16. The van der Waals surface area contributed by atoms with Gasteiger partial charge in [0.25, 0.3) is 0 Å². The number of hydrogen-bond acceptors (Lipinski definition) is 0. The van der Waals surface area contributed by atoms with E-state index in [0.29, 0.717) is 0 Å². The van der Waals surface area contributed by atoms with Crippen LogP contribution < -0.4 is 0 Å². The zero-order chi connectivity index (χ0) is 6.73. The molecule has 0 bridgehead atoms. The van der Waals surface area contributed by atoms with Gasteiger partial charge in [-0.05, 0) is 0 Å². The predicted molar refractivity (Wildman–Crippen MR) is 42.0 cm³/mol. The average molecular weight is 112 g/mol. The third-order valence-corrected chi connectivity index (χ3v) is 2.10. The predicted octanol–water partition coefficient (Wildman–Crippen LogP) is 1.72. The van der Waals surface area contributed by atoms with Crippen molar-refractivity contribution in [3.63, 3.8) is 0 Å². The minimum Gasteiger partial charge on any atom is -0.0652 e. The van der Waals surface area contributed by atoms with E-state index in [1.54, 1.807) is 0 Å². The first-order valence-electron chi connectivity index (χ1n) is 3.55. The van der Waals surface area contributed by atoms with Gasteiger partial charge in [0.2, 0.25) is 0 Å². The molecule has 0 spiro atoms. The molecule has 0 saturated carbocycles. The third-order valence-electron chi connectivity index (χ3n) is 2.10. The van der Waals surface area contributed by atoms with Crippen molar-refractivity contribution in [3.8, 4) is 0 Å². The SMILES string of the molecule is BC(C(C)C)C(C)C. The molecule has 0 fully saturated rings. The lowest BCUT2D eigenvalue weighted by Crippen LogP contribution is -2.08. The fourth-order valence-electron chi connectivity index (χ4n) is 0.770. The van der Waals surface area contributed by atoms with Crippen molar-refractivity contribution in [3.05, 3.63) is 0 Å². The molecule has 0 aliphatic heterocycles. The highest BCUT2D eigenvalue weighted by Crippen LogP contribution is 2.21. The van der Waals surface area contributed by atoms with Crippen LogP contribution >= 0.6 is 0 Å². The van der Waals surface area contributed by atoms with Crippen LogP contribution in [0.3, 0.4) is 0 Å². The summed E-state index contributed by atoms with van der Waals surface area (Å²) in [5.74, 6) is 2.56. The Morgan fingerprint density at radius 1 is 0.875 bits per heavy atom. The molecule has 0 amide bonds. The Morgan fingerprint density at radius 2 is 1.12 bits per heavy atom. The Bertz CT molecular complexity index is 49.4. The maximum Gasteiger partial charge on any atom is 0.106 e. The first-order chi connectivity index (χ1) is 3.55. The largest absolute Gasteiger partial charge is 0.106 e. The number of rotatable bonds is 2. The molecular weight excluding hydrogens is 94.9 g/mol. The van der Waals surface area contributed by atoms with Gasteiger partial charge in [-0.25, -0.2) is 0 Å². The minimum absolute atomic E-state index is 0.843. The smallest absolute Gasteiger partial charge is 0.0652 e. The van der Waals surface area contributed by atoms with Crippen LogP contribution in [0.4, 0.5) is 0 Å². The molecule has 0 atom stereocenters. The molecule has 0 aromatic carbocycles. The van der Waals surface area contributed by atoms with E-state index in [1.165, 1.54) is 0 Å². The topological polar surface area (TPSA) is 0 Å². The molecule has 0 N–H and O–H groups in total. The molecule has 48 valence electrons. The molecule has 0 saturated heterocycles. The maximum absolute atomic E-state index is 2.31. The normalized spacial score (nSPS) is 11.9. The van der Waals surface area contributed by atoms with Gasteiger partial charge in [0.1, 0.15) is 7.85 Å². The van der Waals surface area contributed by atoms with Crippen molar-refractivity contribution in [1.29, 1.82) is 0 Å². The molecule has 8 heavy (non-hydrogen) atoms. The molecule has 0 aromatic rings. The van der Waals surface area contributed by atoms with Crippen molar-refractivity contribution >= 4 is 7.85 Å².